The van der Waals surface area contributed by atoms with Gasteiger partial charge in [-0.05, 0) is 60.7 Å². The van der Waals surface area contributed by atoms with Gasteiger partial charge in [-0.2, -0.15) is 4.31 Å². The van der Waals surface area contributed by atoms with Gasteiger partial charge < -0.3 is 4.98 Å². The van der Waals surface area contributed by atoms with Crippen LogP contribution in [0.15, 0.2) is 53.6 Å². The number of fused-ring (bicyclic) bond motifs is 3. The van der Waals surface area contributed by atoms with Crippen molar-refractivity contribution in [3.8, 4) is 11.1 Å². The number of aldehydes is 1. The zero-order valence-corrected chi connectivity index (χ0v) is 17.4. The summed E-state index contributed by atoms with van der Waals surface area (Å²) in [5, 5.41) is 1.79. The van der Waals surface area contributed by atoms with Crippen LogP contribution in [0.25, 0.3) is 33.1 Å². The number of hydrogen-bond donors (Lipinski definition) is 1. The standard InChI is InChI=1S/C23H21N3O3S/c1-15-11-20-21-19(8-7-17(14-27)22(21)25-23(20)24-13-15)16-5-4-6-18(12-16)30(28,29)26-9-2-3-10-26/h4-8,11-14H,2-3,9-10H2,1H3,(H,24,25). The number of hydrogen-bond acceptors (Lipinski definition) is 4. The molecule has 0 aliphatic carbocycles. The second-order valence-corrected chi connectivity index (χ2v) is 9.68. The molecule has 0 unspecified atom stereocenters. The Labute approximate surface area is 174 Å². The Kier molecular flexibility index (Phi) is 4.45. The largest absolute Gasteiger partial charge is 0.339 e. The number of aromatic nitrogens is 2. The summed E-state index contributed by atoms with van der Waals surface area (Å²) in [5.41, 5.74) is 4.63. The van der Waals surface area contributed by atoms with Gasteiger partial charge in [0, 0.05) is 35.6 Å². The molecule has 0 amide bonds. The van der Waals surface area contributed by atoms with Crippen LogP contribution in [0.2, 0.25) is 0 Å². The third kappa shape index (κ3) is 2.93. The van der Waals surface area contributed by atoms with E-state index in [-0.39, 0.29) is 0 Å². The molecule has 5 rings (SSSR count). The number of sulfonamides is 1. The van der Waals surface area contributed by atoms with Crippen molar-refractivity contribution in [1.82, 2.24) is 14.3 Å². The molecule has 0 radical (unpaired) electrons. The normalized spacial score (nSPS) is 15.2. The third-order valence-electron chi connectivity index (χ3n) is 5.75. The number of pyridine rings is 1. The van der Waals surface area contributed by atoms with Crippen molar-refractivity contribution >= 4 is 38.2 Å². The van der Waals surface area contributed by atoms with E-state index in [9.17, 15) is 13.2 Å². The van der Waals surface area contributed by atoms with Gasteiger partial charge >= 0.3 is 0 Å². The maximum atomic E-state index is 13.1. The molecule has 1 aliphatic heterocycles. The monoisotopic (exact) mass is 419 g/mol. The summed E-state index contributed by atoms with van der Waals surface area (Å²) in [6.45, 7) is 3.11. The lowest BCUT2D eigenvalue weighted by Crippen LogP contribution is -2.27. The molecule has 3 heterocycles. The van der Waals surface area contributed by atoms with Gasteiger partial charge in [-0.25, -0.2) is 13.4 Å². The van der Waals surface area contributed by atoms with Crippen molar-refractivity contribution in [2.75, 3.05) is 13.1 Å². The molecule has 0 spiro atoms. The number of aromatic amines is 1. The summed E-state index contributed by atoms with van der Waals surface area (Å²) in [5.74, 6) is 0. The van der Waals surface area contributed by atoms with Gasteiger partial charge in [0.15, 0.2) is 6.29 Å². The first kappa shape index (κ1) is 19.0. The number of aryl methyl sites for hydroxylation is 1. The molecular formula is C23H21N3O3S. The van der Waals surface area contributed by atoms with Gasteiger partial charge in [0.1, 0.15) is 5.65 Å². The maximum Gasteiger partial charge on any atom is 0.243 e. The summed E-state index contributed by atoms with van der Waals surface area (Å²) in [4.78, 5) is 19.6. The average molecular weight is 420 g/mol. The van der Waals surface area contributed by atoms with Crippen LogP contribution in [0.4, 0.5) is 0 Å². The predicted octanol–water partition coefficient (Wildman–Crippen LogP) is 4.29. The summed E-state index contributed by atoms with van der Waals surface area (Å²) in [6, 6.07) is 12.7. The molecule has 2 aromatic carbocycles. The first-order valence-corrected chi connectivity index (χ1v) is 11.4. The quantitative estimate of drug-likeness (QED) is 0.500. The molecule has 2 aromatic heterocycles. The van der Waals surface area contributed by atoms with Crippen LogP contribution in [-0.2, 0) is 10.0 Å². The van der Waals surface area contributed by atoms with Crippen molar-refractivity contribution in [3.63, 3.8) is 0 Å². The Morgan fingerprint density at radius 3 is 2.67 bits per heavy atom. The number of carbonyl (C=O) groups is 1. The molecule has 1 N–H and O–H groups in total. The molecule has 30 heavy (non-hydrogen) atoms. The van der Waals surface area contributed by atoms with Crippen molar-refractivity contribution in [2.45, 2.75) is 24.7 Å². The second kappa shape index (κ2) is 7.04. The van der Waals surface area contributed by atoms with E-state index in [0.717, 1.165) is 46.6 Å². The SMILES string of the molecule is Cc1cnc2[nH]c3c(C=O)ccc(-c4cccc(S(=O)(=O)N5CCCC5)c4)c3c2c1. The van der Waals surface area contributed by atoms with E-state index in [0.29, 0.717) is 34.7 Å². The third-order valence-corrected chi connectivity index (χ3v) is 7.64. The van der Waals surface area contributed by atoms with Crippen molar-refractivity contribution < 1.29 is 13.2 Å². The molecule has 1 aliphatic rings. The van der Waals surface area contributed by atoms with Crippen LogP contribution >= 0.6 is 0 Å². The number of benzene rings is 2. The van der Waals surface area contributed by atoms with E-state index in [2.05, 4.69) is 9.97 Å². The topological polar surface area (TPSA) is 83.1 Å². The van der Waals surface area contributed by atoms with Crippen molar-refractivity contribution in [1.29, 1.82) is 0 Å². The van der Waals surface area contributed by atoms with Crippen molar-refractivity contribution in [2.24, 2.45) is 0 Å². The molecule has 1 fully saturated rings. The summed E-state index contributed by atoms with van der Waals surface area (Å²) in [6.07, 6.45) is 4.40. The summed E-state index contributed by atoms with van der Waals surface area (Å²) in [7, 11) is -3.51. The van der Waals surface area contributed by atoms with Gasteiger partial charge in [-0.1, -0.05) is 18.2 Å². The second-order valence-electron chi connectivity index (χ2n) is 7.74. The van der Waals surface area contributed by atoms with E-state index in [1.165, 1.54) is 0 Å². The Hall–Kier alpha value is -3.03. The molecule has 6 nitrogen and oxygen atoms in total. The van der Waals surface area contributed by atoms with Gasteiger partial charge in [-0.15, -0.1) is 0 Å². The fourth-order valence-corrected chi connectivity index (χ4v) is 5.81. The molecule has 0 saturated carbocycles. The zero-order valence-electron chi connectivity index (χ0n) is 16.6. The number of rotatable bonds is 4. The molecule has 152 valence electrons. The number of H-pyrrole nitrogens is 1. The molecular weight excluding hydrogens is 398 g/mol. The molecule has 7 heteroatoms. The number of nitrogens with one attached hydrogen (secondary N) is 1. The predicted molar refractivity (Wildman–Crippen MR) is 117 cm³/mol. The van der Waals surface area contributed by atoms with Crippen LogP contribution < -0.4 is 0 Å². The number of nitrogens with zero attached hydrogens (tertiary/aromatic N) is 2. The number of carbonyl (C=O) groups excluding carboxylic acids is 1. The molecule has 0 atom stereocenters. The lowest BCUT2D eigenvalue weighted by molar-refractivity contribution is 0.112. The highest BCUT2D eigenvalue weighted by Crippen LogP contribution is 2.36. The van der Waals surface area contributed by atoms with Gasteiger partial charge in [-0.3, -0.25) is 4.79 Å². The summed E-state index contributed by atoms with van der Waals surface area (Å²) < 4.78 is 27.7. The minimum atomic E-state index is -3.51. The van der Waals surface area contributed by atoms with E-state index in [1.54, 1.807) is 34.8 Å². The van der Waals surface area contributed by atoms with Gasteiger partial charge in [0.25, 0.3) is 0 Å². The maximum absolute atomic E-state index is 13.1. The van der Waals surface area contributed by atoms with Gasteiger partial charge in [0.2, 0.25) is 10.0 Å². The van der Waals surface area contributed by atoms with E-state index in [1.807, 2.05) is 25.1 Å². The highest BCUT2D eigenvalue weighted by Gasteiger charge is 2.27. The van der Waals surface area contributed by atoms with E-state index < -0.39 is 10.0 Å². The molecule has 0 bridgehead atoms. The van der Waals surface area contributed by atoms with Crippen LogP contribution in [0, 0.1) is 6.92 Å². The average Bonchev–Trinajstić information content (AvgIpc) is 3.42. The Morgan fingerprint density at radius 2 is 1.90 bits per heavy atom. The van der Waals surface area contributed by atoms with Crippen LogP contribution in [0.3, 0.4) is 0 Å². The Bertz CT molecular complexity index is 1400. The molecule has 1 saturated heterocycles. The zero-order chi connectivity index (χ0) is 20.9. The Morgan fingerprint density at radius 1 is 1.10 bits per heavy atom. The van der Waals surface area contributed by atoms with Gasteiger partial charge in [0.05, 0.1) is 10.4 Å². The lowest BCUT2D eigenvalue weighted by atomic mass is 9.97. The van der Waals surface area contributed by atoms with Crippen molar-refractivity contribution in [3.05, 3.63) is 59.8 Å². The lowest BCUT2D eigenvalue weighted by Gasteiger charge is -2.16. The van der Waals surface area contributed by atoms with E-state index >= 15 is 0 Å². The van der Waals surface area contributed by atoms with E-state index in [4.69, 9.17) is 0 Å². The minimum Gasteiger partial charge on any atom is -0.339 e. The first-order chi connectivity index (χ1) is 14.5. The Balaban J connectivity index is 1.75. The molecule has 4 aromatic rings. The van der Waals surface area contributed by atoms with Crippen LogP contribution in [0.1, 0.15) is 28.8 Å². The highest BCUT2D eigenvalue weighted by atomic mass is 32.2. The minimum absolute atomic E-state index is 0.295. The summed E-state index contributed by atoms with van der Waals surface area (Å²) >= 11 is 0. The fraction of sp³-hybridized carbons (Fsp3) is 0.217. The first-order valence-electron chi connectivity index (χ1n) is 9.96. The fourth-order valence-electron chi connectivity index (χ4n) is 4.25. The van der Waals surface area contributed by atoms with Crippen LogP contribution in [-0.4, -0.2) is 42.1 Å². The smallest absolute Gasteiger partial charge is 0.243 e. The van der Waals surface area contributed by atoms with Crippen LogP contribution in [0.5, 0.6) is 0 Å². The highest BCUT2D eigenvalue weighted by molar-refractivity contribution is 7.89.